The lowest BCUT2D eigenvalue weighted by Gasteiger charge is -2.34. The van der Waals surface area contributed by atoms with Gasteiger partial charge < -0.3 is 19.9 Å². The average Bonchev–Trinajstić information content (AvgIpc) is 3.04. The van der Waals surface area contributed by atoms with Crippen LogP contribution in [0.2, 0.25) is 0 Å². The lowest BCUT2D eigenvalue weighted by atomic mass is 9.80. The molecule has 0 spiro atoms. The summed E-state index contributed by atoms with van der Waals surface area (Å²) in [5.41, 5.74) is 3.59. The number of rotatable bonds is 9. The van der Waals surface area contributed by atoms with Crippen LogP contribution in [0.5, 0.6) is 0 Å². The summed E-state index contributed by atoms with van der Waals surface area (Å²) >= 11 is 0. The first-order chi connectivity index (χ1) is 14.4. The number of carboxylic acids is 1. The lowest BCUT2D eigenvalue weighted by Crippen LogP contribution is -2.53. The van der Waals surface area contributed by atoms with E-state index in [0.717, 1.165) is 22.3 Å². The second-order valence-corrected chi connectivity index (χ2v) is 7.82. The predicted octanol–water partition coefficient (Wildman–Crippen LogP) is 4.21. The van der Waals surface area contributed by atoms with Gasteiger partial charge in [0.25, 0.3) is 0 Å². The molecule has 0 bridgehead atoms. The van der Waals surface area contributed by atoms with E-state index in [4.69, 9.17) is 9.47 Å². The first kappa shape index (κ1) is 21.6. The third-order valence-electron chi connectivity index (χ3n) is 5.63. The quantitative estimate of drug-likeness (QED) is 0.606. The Morgan fingerprint density at radius 1 is 1.17 bits per heavy atom. The summed E-state index contributed by atoms with van der Waals surface area (Å²) in [6.07, 6.45) is 1.21. The number of amides is 1. The number of fused-ring (bicyclic) bond motifs is 3. The van der Waals surface area contributed by atoms with Crippen LogP contribution in [0.25, 0.3) is 11.1 Å². The maximum atomic E-state index is 12.5. The van der Waals surface area contributed by atoms with Gasteiger partial charge in [-0.3, -0.25) is 0 Å². The Balaban J connectivity index is 1.73. The molecule has 6 nitrogen and oxygen atoms in total. The van der Waals surface area contributed by atoms with Gasteiger partial charge in [-0.15, -0.1) is 6.58 Å². The summed E-state index contributed by atoms with van der Waals surface area (Å²) in [6.45, 7) is 5.70. The number of carbonyl (C=O) groups excluding carboxylic acids is 1. The van der Waals surface area contributed by atoms with Crippen molar-refractivity contribution in [3.05, 3.63) is 72.3 Å². The monoisotopic (exact) mass is 409 g/mol. The summed E-state index contributed by atoms with van der Waals surface area (Å²) in [5.74, 6) is -1.24. The summed E-state index contributed by atoms with van der Waals surface area (Å²) in [4.78, 5) is 24.4. The highest BCUT2D eigenvalue weighted by molar-refractivity contribution is 5.81. The van der Waals surface area contributed by atoms with E-state index >= 15 is 0 Å². The number of alkyl carbamates (subject to hydrolysis) is 1. The zero-order valence-electron chi connectivity index (χ0n) is 17.3. The van der Waals surface area contributed by atoms with Crippen LogP contribution in [-0.4, -0.2) is 43.5 Å². The fraction of sp³-hybridized carbons (Fsp3) is 0.333. The van der Waals surface area contributed by atoms with Crippen LogP contribution in [0.4, 0.5) is 4.79 Å². The third-order valence-corrected chi connectivity index (χ3v) is 5.63. The van der Waals surface area contributed by atoms with Crippen molar-refractivity contribution < 1.29 is 24.2 Å². The molecule has 0 aliphatic heterocycles. The summed E-state index contributed by atoms with van der Waals surface area (Å²) in [6, 6.07) is 14.9. The van der Waals surface area contributed by atoms with Gasteiger partial charge in [-0.25, -0.2) is 9.59 Å². The maximum Gasteiger partial charge on any atom is 0.407 e. The molecule has 0 unspecified atom stereocenters. The van der Waals surface area contributed by atoms with E-state index in [1.54, 1.807) is 13.0 Å². The molecule has 2 atom stereocenters. The van der Waals surface area contributed by atoms with Gasteiger partial charge in [-0.05, 0) is 28.7 Å². The summed E-state index contributed by atoms with van der Waals surface area (Å²) < 4.78 is 10.7. The van der Waals surface area contributed by atoms with Crippen LogP contribution in [0, 0.1) is 5.41 Å². The Hall–Kier alpha value is -3.12. The average molecular weight is 409 g/mol. The van der Waals surface area contributed by atoms with E-state index in [9.17, 15) is 14.7 Å². The molecule has 0 saturated carbocycles. The summed E-state index contributed by atoms with van der Waals surface area (Å²) in [7, 11) is 1.49. The van der Waals surface area contributed by atoms with Crippen LogP contribution in [0.1, 0.15) is 30.4 Å². The molecule has 0 saturated heterocycles. The molecule has 6 heteroatoms. The number of aliphatic carboxylic acids is 1. The molecule has 3 rings (SSSR count). The van der Waals surface area contributed by atoms with Crippen LogP contribution >= 0.6 is 0 Å². The minimum Gasteiger partial charge on any atom is -0.480 e. The second kappa shape index (κ2) is 9.13. The van der Waals surface area contributed by atoms with Crippen molar-refractivity contribution in [3.63, 3.8) is 0 Å². The van der Waals surface area contributed by atoms with Crippen molar-refractivity contribution in [2.75, 3.05) is 20.3 Å². The SMILES string of the molecule is C=CC[C@](C)(COC)[C@H](NC(=O)OCC1c2ccccc2-c2ccccc21)C(=O)O. The molecule has 30 heavy (non-hydrogen) atoms. The van der Waals surface area contributed by atoms with Gasteiger partial charge in [-0.1, -0.05) is 61.5 Å². The Morgan fingerprint density at radius 2 is 1.73 bits per heavy atom. The molecule has 2 N–H and O–H groups in total. The van der Waals surface area contributed by atoms with E-state index in [2.05, 4.69) is 24.0 Å². The Morgan fingerprint density at radius 3 is 2.23 bits per heavy atom. The number of hydrogen-bond donors (Lipinski definition) is 2. The third kappa shape index (κ3) is 4.24. The standard InChI is InChI=1S/C24H27NO5/c1-4-13-24(2,15-29-3)21(22(26)27)25-23(28)30-14-20-18-11-7-5-9-16(18)17-10-6-8-12-19(17)20/h4-12,20-21H,1,13-15H2,2-3H3,(H,25,28)(H,26,27)/t21-,24-/m1/s1. The van der Waals surface area contributed by atoms with Crippen molar-refractivity contribution in [3.8, 4) is 11.1 Å². The number of carboxylic acid groups (broad SMARTS) is 1. The predicted molar refractivity (Wildman–Crippen MR) is 114 cm³/mol. The van der Waals surface area contributed by atoms with Crippen LogP contribution in [0.3, 0.4) is 0 Å². The van der Waals surface area contributed by atoms with E-state index < -0.39 is 23.5 Å². The highest BCUT2D eigenvalue weighted by atomic mass is 16.5. The van der Waals surface area contributed by atoms with E-state index in [1.807, 2.05) is 36.4 Å². The molecule has 0 aromatic heterocycles. The smallest absolute Gasteiger partial charge is 0.407 e. The number of allylic oxidation sites excluding steroid dienone is 1. The van der Waals surface area contributed by atoms with Crippen LogP contribution < -0.4 is 5.32 Å². The number of nitrogens with one attached hydrogen (secondary N) is 1. The topological polar surface area (TPSA) is 84.9 Å². The van der Waals surface area contributed by atoms with Gasteiger partial charge in [0, 0.05) is 18.4 Å². The first-order valence-corrected chi connectivity index (χ1v) is 9.85. The number of methoxy groups -OCH3 is 1. The Bertz CT molecular complexity index is 895. The zero-order chi connectivity index (χ0) is 21.7. The minimum absolute atomic E-state index is 0.0926. The second-order valence-electron chi connectivity index (χ2n) is 7.82. The highest BCUT2D eigenvalue weighted by Crippen LogP contribution is 2.44. The molecule has 0 fully saturated rings. The number of carbonyl (C=O) groups is 2. The molecule has 1 aliphatic carbocycles. The van der Waals surface area contributed by atoms with Crippen molar-refractivity contribution in [1.29, 1.82) is 0 Å². The number of ether oxygens (including phenoxy) is 2. The molecule has 0 heterocycles. The van der Waals surface area contributed by atoms with Gasteiger partial charge in [0.2, 0.25) is 0 Å². The molecular formula is C24H27NO5. The van der Waals surface area contributed by atoms with Crippen molar-refractivity contribution in [2.45, 2.75) is 25.3 Å². The van der Waals surface area contributed by atoms with Gasteiger partial charge >= 0.3 is 12.1 Å². The lowest BCUT2D eigenvalue weighted by molar-refractivity contribution is -0.144. The molecule has 2 aromatic carbocycles. The number of benzene rings is 2. The van der Waals surface area contributed by atoms with Gasteiger partial charge in [0.05, 0.1) is 6.61 Å². The highest BCUT2D eigenvalue weighted by Gasteiger charge is 2.40. The molecule has 2 aromatic rings. The van der Waals surface area contributed by atoms with E-state index in [-0.39, 0.29) is 19.1 Å². The van der Waals surface area contributed by atoms with Gasteiger partial charge in [0.1, 0.15) is 12.6 Å². The van der Waals surface area contributed by atoms with Crippen LogP contribution in [-0.2, 0) is 14.3 Å². The largest absolute Gasteiger partial charge is 0.480 e. The van der Waals surface area contributed by atoms with Crippen molar-refractivity contribution in [2.24, 2.45) is 5.41 Å². The first-order valence-electron chi connectivity index (χ1n) is 9.85. The zero-order valence-corrected chi connectivity index (χ0v) is 17.3. The number of hydrogen-bond acceptors (Lipinski definition) is 4. The van der Waals surface area contributed by atoms with Crippen LogP contribution in [0.15, 0.2) is 61.2 Å². The molecule has 1 amide bonds. The van der Waals surface area contributed by atoms with Gasteiger partial charge in [0.15, 0.2) is 0 Å². The van der Waals surface area contributed by atoms with E-state index in [0.29, 0.717) is 6.42 Å². The Labute approximate surface area is 176 Å². The van der Waals surface area contributed by atoms with Crippen molar-refractivity contribution in [1.82, 2.24) is 5.32 Å². The normalized spacial score (nSPS) is 15.4. The molecule has 158 valence electrons. The van der Waals surface area contributed by atoms with E-state index in [1.165, 1.54) is 7.11 Å². The molecule has 0 radical (unpaired) electrons. The maximum absolute atomic E-state index is 12.5. The minimum atomic E-state index is -1.17. The fourth-order valence-electron chi connectivity index (χ4n) is 4.21. The molecule has 1 aliphatic rings. The fourth-order valence-corrected chi connectivity index (χ4v) is 4.21. The molecular weight excluding hydrogens is 382 g/mol. The summed E-state index contributed by atoms with van der Waals surface area (Å²) in [5, 5.41) is 12.2. The van der Waals surface area contributed by atoms with Gasteiger partial charge in [-0.2, -0.15) is 0 Å². The van der Waals surface area contributed by atoms with Crippen molar-refractivity contribution >= 4 is 12.1 Å². The Kier molecular flexibility index (Phi) is 6.57.